The van der Waals surface area contributed by atoms with E-state index in [1.807, 2.05) is 0 Å². The smallest absolute Gasteiger partial charge is 0.175 e. The molecule has 4 nitrogen and oxygen atoms in total. The van der Waals surface area contributed by atoms with E-state index in [1.54, 1.807) is 0 Å². The van der Waals surface area contributed by atoms with Crippen LogP contribution >= 0.6 is 12.2 Å². The molecule has 2 aromatic rings. The van der Waals surface area contributed by atoms with Crippen molar-refractivity contribution in [3.8, 4) is 0 Å². The molecule has 2 N–H and O–H groups in total. The SMILES string of the molecule is CCCCc1ccc(NC(=S)Nc2ccc(N3CCOCC3)cc2)cc1. The van der Waals surface area contributed by atoms with E-state index in [-0.39, 0.29) is 0 Å². The molecule has 0 radical (unpaired) electrons. The molecule has 2 aromatic carbocycles. The number of unbranched alkanes of at least 4 members (excludes halogenated alkanes) is 1. The number of hydrogen-bond donors (Lipinski definition) is 2. The molecule has 3 rings (SSSR count). The van der Waals surface area contributed by atoms with Gasteiger partial charge in [0.2, 0.25) is 0 Å². The topological polar surface area (TPSA) is 36.5 Å². The van der Waals surface area contributed by atoms with Crippen LogP contribution in [0.2, 0.25) is 0 Å². The number of nitrogens with zero attached hydrogens (tertiary/aromatic N) is 1. The maximum atomic E-state index is 5.43. The van der Waals surface area contributed by atoms with Gasteiger partial charge in [0, 0.05) is 30.2 Å². The number of aryl methyl sites for hydroxylation is 1. The van der Waals surface area contributed by atoms with Crippen LogP contribution in [0.15, 0.2) is 48.5 Å². The van der Waals surface area contributed by atoms with Crippen LogP contribution in [-0.2, 0) is 11.2 Å². The Morgan fingerprint density at radius 1 is 0.962 bits per heavy atom. The fraction of sp³-hybridized carbons (Fsp3) is 0.381. The van der Waals surface area contributed by atoms with Crippen molar-refractivity contribution >= 4 is 34.4 Å². The van der Waals surface area contributed by atoms with Crippen molar-refractivity contribution in [1.29, 1.82) is 0 Å². The van der Waals surface area contributed by atoms with Crippen LogP contribution in [0.25, 0.3) is 0 Å². The van der Waals surface area contributed by atoms with Crippen molar-refractivity contribution in [2.24, 2.45) is 0 Å². The first-order chi connectivity index (χ1) is 12.7. The Hall–Kier alpha value is -2.11. The number of rotatable bonds is 6. The van der Waals surface area contributed by atoms with Crippen molar-refractivity contribution in [2.45, 2.75) is 26.2 Å². The molecule has 1 aliphatic rings. The normalized spacial score (nSPS) is 14.1. The third kappa shape index (κ3) is 5.44. The molecular formula is C21H27N3OS. The fourth-order valence-electron chi connectivity index (χ4n) is 3.01. The molecule has 0 atom stereocenters. The molecule has 0 aliphatic carbocycles. The van der Waals surface area contributed by atoms with Crippen LogP contribution in [0.4, 0.5) is 17.1 Å². The summed E-state index contributed by atoms with van der Waals surface area (Å²) in [6.07, 6.45) is 3.58. The van der Waals surface area contributed by atoms with Gasteiger partial charge >= 0.3 is 0 Å². The zero-order valence-corrected chi connectivity index (χ0v) is 16.1. The summed E-state index contributed by atoms with van der Waals surface area (Å²) < 4.78 is 5.40. The van der Waals surface area contributed by atoms with E-state index in [0.717, 1.165) is 44.1 Å². The molecular weight excluding hydrogens is 342 g/mol. The minimum Gasteiger partial charge on any atom is -0.378 e. The summed E-state index contributed by atoms with van der Waals surface area (Å²) in [6.45, 7) is 5.70. The maximum Gasteiger partial charge on any atom is 0.175 e. The predicted octanol–water partition coefficient (Wildman–Crippen LogP) is 4.67. The molecule has 1 heterocycles. The van der Waals surface area contributed by atoms with Crippen LogP contribution in [0, 0.1) is 0 Å². The van der Waals surface area contributed by atoms with E-state index in [9.17, 15) is 0 Å². The third-order valence-electron chi connectivity index (χ3n) is 4.53. The number of thiocarbonyl (C=S) groups is 1. The monoisotopic (exact) mass is 369 g/mol. The van der Waals surface area contributed by atoms with Crippen molar-refractivity contribution in [1.82, 2.24) is 0 Å². The van der Waals surface area contributed by atoms with Gasteiger partial charge in [0.15, 0.2) is 5.11 Å². The standard InChI is InChI=1S/C21H27N3OS/c1-2-3-4-17-5-7-18(8-6-17)22-21(26)23-19-9-11-20(12-10-19)24-13-15-25-16-14-24/h5-12H,2-4,13-16H2,1H3,(H2,22,23,26). The Morgan fingerprint density at radius 2 is 1.54 bits per heavy atom. The summed E-state index contributed by atoms with van der Waals surface area (Å²) in [4.78, 5) is 2.34. The summed E-state index contributed by atoms with van der Waals surface area (Å²) in [7, 11) is 0. The lowest BCUT2D eigenvalue weighted by Crippen LogP contribution is -2.36. The van der Waals surface area contributed by atoms with Crippen molar-refractivity contribution in [3.63, 3.8) is 0 Å². The number of anilines is 3. The average molecular weight is 370 g/mol. The summed E-state index contributed by atoms with van der Waals surface area (Å²) in [5, 5.41) is 7.09. The molecule has 0 unspecified atom stereocenters. The highest BCUT2D eigenvalue weighted by atomic mass is 32.1. The lowest BCUT2D eigenvalue weighted by atomic mass is 10.1. The molecule has 5 heteroatoms. The molecule has 26 heavy (non-hydrogen) atoms. The molecule has 1 fully saturated rings. The summed E-state index contributed by atoms with van der Waals surface area (Å²) in [6, 6.07) is 16.9. The average Bonchev–Trinajstić information content (AvgIpc) is 2.69. The van der Waals surface area contributed by atoms with Gasteiger partial charge in [0.1, 0.15) is 0 Å². The van der Waals surface area contributed by atoms with E-state index >= 15 is 0 Å². The van der Waals surface area contributed by atoms with Crippen LogP contribution in [0.1, 0.15) is 25.3 Å². The van der Waals surface area contributed by atoms with Gasteiger partial charge in [-0.05, 0) is 67.0 Å². The van der Waals surface area contributed by atoms with Crippen LogP contribution < -0.4 is 15.5 Å². The molecule has 0 spiro atoms. The molecule has 0 saturated carbocycles. The third-order valence-corrected chi connectivity index (χ3v) is 4.74. The number of ether oxygens (including phenoxy) is 1. The second kappa shape index (κ2) is 9.55. The van der Waals surface area contributed by atoms with Crippen molar-refractivity contribution < 1.29 is 4.74 Å². The Bertz CT molecular complexity index is 694. The second-order valence-corrected chi connectivity index (χ2v) is 6.93. The van der Waals surface area contributed by atoms with Gasteiger partial charge < -0.3 is 20.3 Å². The van der Waals surface area contributed by atoms with Gasteiger partial charge in [-0.1, -0.05) is 25.5 Å². The quantitative estimate of drug-likeness (QED) is 0.724. The largest absolute Gasteiger partial charge is 0.378 e. The first-order valence-electron chi connectivity index (χ1n) is 9.34. The van der Waals surface area contributed by atoms with Gasteiger partial charge in [-0.25, -0.2) is 0 Å². The first-order valence-corrected chi connectivity index (χ1v) is 9.75. The Labute approximate surface area is 161 Å². The predicted molar refractivity (Wildman–Crippen MR) is 114 cm³/mol. The van der Waals surface area contributed by atoms with E-state index < -0.39 is 0 Å². The molecule has 0 bridgehead atoms. The maximum absolute atomic E-state index is 5.43. The minimum absolute atomic E-state index is 0.602. The van der Waals surface area contributed by atoms with E-state index in [1.165, 1.54) is 24.1 Å². The number of morpholine rings is 1. The van der Waals surface area contributed by atoms with Gasteiger partial charge in [0.05, 0.1) is 13.2 Å². The van der Waals surface area contributed by atoms with Crippen LogP contribution in [-0.4, -0.2) is 31.4 Å². The highest BCUT2D eigenvalue weighted by molar-refractivity contribution is 7.80. The minimum atomic E-state index is 0.602. The van der Waals surface area contributed by atoms with Crippen LogP contribution in [0.3, 0.4) is 0 Å². The highest BCUT2D eigenvalue weighted by Crippen LogP contribution is 2.19. The lowest BCUT2D eigenvalue weighted by Gasteiger charge is -2.29. The molecule has 138 valence electrons. The molecule has 1 aliphatic heterocycles. The van der Waals surface area contributed by atoms with Crippen molar-refractivity contribution in [3.05, 3.63) is 54.1 Å². The first kappa shape index (κ1) is 18.7. The van der Waals surface area contributed by atoms with E-state index in [2.05, 4.69) is 71.0 Å². The Kier molecular flexibility index (Phi) is 6.86. The zero-order chi connectivity index (χ0) is 18.2. The van der Waals surface area contributed by atoms with E-state index in [0.29, 0.717) is 5.11 Å². The van der Waals surface area contributed by atoms with Gasteiger partial charge in [-0.2, -0.15) is 0 Å². The summed E-state index contributed by atoms with van der Waals surface area (Å²) >= 11 is 5.43. The number of benzene rings is 2. The highest BCUT2D eigenvalue weighted by Gasteiger charge is 2.10. The number of nitrogens with one attached hydrogen (secondary N) is 2. The fourth-order valence-corrected chi connectivity index (χ4v) is 3.24. The van der Waals surface area contributed by atoms with Crippen molar-refractivity contribution in [2.75, 3.05) is 41.8 Å². The molecule has 1 saturated heterocycles. The molecule has 0 amide bonds. The molecule has 0 aromatic heterocycles. The lowest BCUT2D eigenvalue weighted by molar-refractivity contribution is 0.122. The van der Waals surface area contributed by atoms with Gasteiger partial charge in [0.25, 0.3) is 0 Å². The van der Waals surface area contributed by atoms with Gasteiger partial charge in [-0.15, -0.1) is 0 Å². The Morgan fingerprint density at radius 3 is 2.12 bits per heavy atom. The summed E-state index contributed by atoms with van der Waals surface area (Å²) in [5.74, 6) is 0. The number of hydrogen-bond acceptors (Lipinski definition) is 3. The summed E-state index contributed by atoms with van der Waals surface area (Å²) in [5.41, 5.74) is 4.59. The zero-order valence-electron chi connectivity index (χ0n) is 15.3. The van der Waals surface area contributed by atoms with Gasteiger partial charge in [-0.3, -0.25) is 0 Å². The van der Waals surface area contributed by atoms with E-state index in [4.69, 9.17) is 17.0 Å². The Balaban J connectivity index is 1.51. The second-order valence-electron chi connectivity index (χ2n) is 6.53. The van der Waals surface area contributed by atoms with Crippen LogP contribution in [0.5, 0.6) is 0 Å².